The molecule has 1 rings (SSSR count). The molecule has 3 heteroatoms. The SMILES string of the molecule is CCC(=O)C(C)NC(=O)C1CCCC1(C)C. The Balaban J connectivity index is 2.56. The van der Waals surface area contributed by atoms with Gasteiger partial charge in [0, 0.05) is 12.3 Å². The maximum Gasteiger partial charge on any atom is 0.224 e. The summed E-state index contributed by atoms with van der Waals surface area (Å²) in [6, 6.07) is -0.339. The molecular weight excluding hydrogens is 202 g/mol. The number of hydrogen-bond donors (Lipinski definition) is 1. The third-order valence-corrected chi connectivity index (χ3v) is 3.76. The van der Waals surface area contributed by atoms with Crippen LogP contribution in [-0.4, -0.2) is 17.7 Å². The van der Waals surface area contributed by atoms with Crippen LogP contribution in [0.3, 0.4) is 0 Å². The number of hydrogen-bond acceptors (Lipinski definition) is 2. The molecule has 0 aromatic rings. The molecule has 2 atom stereocenters. The summed E-state index contributed by atoms with van der Waals surface area (Å²) in [5, 5.41) is 2.84. The zero-order valence-electron chi connectivity index (χ0n) is 10.8. The lowest BCUT2D eigenvalue weighted by molar-refractivity contribution is -0.131. The van der Waals surface area contributed by atoms with Crippen molar-refractivity contribution in [2.45, 2.75) is 59.4 Å². The van der Waals surface area contributed by atoms with E-state index in [2.05, 4.69) is 19.2 Å². The molecule has 1 fully saturated rings. The highest BCUT2D eigenvalue weighted by atomic mass is 16.2. The Morgan fingerprint density at radius 1 is 1.44 bits per heavy atom. The predicted octanol–water partition coefficient (Wildman–Crippen LogP) is 2.30. The maximum atomic E-state index is 12.0. The molecule has 1 amide bonds. The molecule has 3 nitrogen and oxygen atoms in total. The van der Waals surface area contributed by atoms with Crippen LogP contribution >= 0.6 is 0 Å². The molecule has 1 N–H and O–H groups in total. The summed E-state index contributed by atoms with van der Waals surface area (Å²) in [5.74, 6) is 0.223. The first-order valence-corrected chi connectivity index (χ1v) is 6.21. The average Bonchev–Trinajstić information content (AvgIpc) is 2.56. The average molecular weight is 225 g/mol. The number of amides is 1. The third-order valence-electron chi connectivity index (χ3n) is 3.76. The fourth-order valence-electron chi connectivity index (χ4n) is 2.51. The normalized spacial score (nSPS) is 25.1. The van der Waals surface area contributed by atoms with Crippen LogP contribution in [0.2, 0.25) is 0 Å². The van der Waals surface area contributed by atoms with Crippen LogP contribution in [0.4, 0.5) is 0 Å². The number of nitrogens with one attached hydrogen (secondary N) is 1. The predicted molar refractivity (Wildman–Crippen MR) is 64.0 cm³/mol. The summed E-state index contributed by atoms with van der Waals surface area (Å²) >= 11 is 0. The molecule has 0 aliphatic heterocycles. The number of rotatable bonds is 4. The molecule has 0 saturated heterocycles. The molecule has 0 aromatic heterocycles. The first-order chi connectivity index (χ1) is 7.38. The highest BCUT2D eigenvalue weighted by Crippen LogP contribution is 2.42. The van der Waals surface area contributed by atoms with Crippen LogP contribution in [0, 0.1) is 11.3 Å². The van der Waals surface area contributed by atoms with Crippen LogP contribution in [0.1, 0.15) is 53.4 Å². The van der Waals surface area contributed by atoms with Crippen molar-refractivity contribution in [1.82, 2.24) is 5.32 Å². The molecule has 0 bridgehead atoms. The van der Waals surface area contributed by atoms with E-state index in [1.165, 1.54) is 0 Å². The van der Waals surface area contributed by atoms with Gasteiger partial charge in [0.1, 0.15) is 0 Å². The molecule has 16 heavy (non-hydrogen) atoms. The van der Waals surface area contributed by atoms with Crippen molar-refractivity contribution in [3.8, 4) is 0 Å². The molecule has 1 aliphatic carbocycles. The van der Waals surface area contributed by atoms with Crippen molar-refractivity contribution in [2.24, 2.45) is 11.3 Å². The van der Waals surface area contributed by atoms with E-state index in [-0.39, 0.29) is 29.1 Å². The van der Waals surface area contributed by atoms with E-state index >= 15 is 0 Å². The summed E-state index contributed by atoms with van der Waals surface area (Å²) < 4.78 is 0. The van der Waals surface area contributed by atoms with Crippen molar-refractivity contribution in [3.05, 3.63) is 0 Å². The van der Waals surface area contributed by atoms with Crippen LogP contribution in [0.5, 0.6) is 0 Å². The van der Waals surface area contributed by atoms with Crippen LogP contribution in [0.25, 0.3) is 0 Å². The molecule has 2 unspecified atom stereocenters. The van der Waals surface area contributed by atoms with E-state index in [1.54, 1.807) is 6.92 Å². The Kier molecular flexibility index (Phi) is 4.11. The minimum atomic E-state index is -0.339. The van der Waals surface area contributed by atoms with E-state index in [1.807, 2.05) is 6.92 Å². The van der Waals surface area contributed by atoms with Gasteiger partial charge in [0.15, 0.2) is 5.78 Å². The van der Waals surface area contributed by atoms with E-state index in [9.17, 15) is 9.59 Å². The number of Topliss-reactive ketones (excluding diaryl/α,β-unsaturated/α-hetero) is 1. The lowest BCUT2D eigenvalue weighted by atomic mass is 9.81. The standard InChI is InChI=1S/C13H23NO2/c1-5-11(15)9(2)14-12(16)10-7-6-8-13(10,3)4/h9-10H,5-8H2,1-4H3,(H,14,16). The highest BCUT2D eigenvalue weighted by Gasteiger charge is 2.39. The van der Waals surface area contributed by atoms with Gasteiger partial charge in [-0.25, -0.2) is 0 Å². The van der Waals surface area contributed by atoms with Crippen LogP contribution < -0.4 is 5.32 Å². The molecule has 0 radical (unpaired) electrons. The van der Waals surface area contributed by atoms with Gasteiger partial charge < -0.3 is 5.32 Å². The monoisotopic (exact) mass is 225 g/mol. The molecule has 0 heterocycles. The molecule has 92 valence electrons. The summed E-state index contributed by atoms with van der Waals surface area (Å²) in [4.78, 5) is 23.4. The Morgan fingerprint density at radius 3 is 2.50 bits per heavy atom. The van der Waals surface area contributed by atoms with Gasteiger partial charge in [0.05, 0.1) is 6.04 Å². The second-order valence-electron chi connectivity index (χ2n) is 5.48. The Morgan fingerprint density at radius 2 is 2.06 bits per heavy atom. The lowest BCUT2D eigenvalue weighted by Crippen LogP contribution is -2.44. The smallest absolute Gasteiger partial charge is 0.224 e. The van der Waals surface area contributed by atoms with E-state index in [4.69, 9.17) is 0 Å². The summed E-state index contributed by atoms with van der Waals surface area (Å²) in [6.07, 6.45) is 3.64. The number of ketones is 1. The summed E-state index contributed by atoms with van der Waals surface area (Å²) in [6.45, 7) is 7.86. The van der Waals surface area contributed by atoms with Crippen molar-refractivity contribution in [1.29, 1.82) is 0 Å². The summed E-state index contributed by atoms with van der Waals surface area (Å²) in [7, 11) is 0. The van der Waals surface area contributed by atoms with Gasteiger partial charge in [-0.3, -0.25) is 9.59 Å². The maximum absolute atomic E-state index is 12.0. The van der Waals surface area contributed by atoms with Crippen molar-refractivity contribution >= 4 is 11.7 Å². The molecular formula is C13H23NO2. The highest BCUT2D eigenvalue weighted by molar-refractivity contribution is 5.89. The minimum absolute atomic E-state index is 0.0526. The minimum Gasteiger partial charge on any atom is -0.346 e. The van der Waals surface area contributed by atoms with Crippen molar-refractivity contribution in [2.75, 3.05) is 0 Å². The Hall–Kier alpha value is -0.860. The van der Waals surface area contributed by atoms with Gasteiger partial charge in [0.2, 0.25) is 5.91 Å². The largest absolute Gasteiger partial charge is 0.346 e. The molecule has 1 saturated carbocycles. The van der Waals surface area contributed by atoms with E-state index in [0.717, 1.165) is 19.3 Å². The number of carbonyl (C=O) groups is 2. The quantitative estimate of drug-likeness (QED) is 0.798. The zero-order chi connectivity index (χ0) is 12.3. The fourth-order valence-corrected chi connectivity index (χ4v) is 2.51. The van der Waals surface area contributed by atoms with E-state index in [0.29, 0.717) is 6.42 Å². The van der Waals surface area contributed by atoms with Gasteiger partial charge in [0.25, 0.3) is 0 Å². The van der Waals surface area contributed by atoms with Crippen LogP contribution in [-0.2, 0) is 9.59 Å². The lowest BCUT2D eigenvalue weighted by Gasteiger charge is -2.27. The van der Waals surface area contributed by atoms with Gasteiger partial charge in [-0.2, -0.15) is 0 Å². The third kappa shape index (κ3) is 2.83. The topological polar surface area (TPSA) is 46.2 Å². The number of carbonyl (C=O) groups excluding carboxylic acids is 2. The first-order valence-electron chi connectivity index (χ1n) is 6.21. The van der Waals surface area contributed by atoms with Gasteiger partial charge in [-0.15, -0.1) is 0 Å². The van der Waals surface area contributed by atoms with E-state index < -0.39 is 0 Å². The Labute approximate surface area is 98.0 Å². The van der Waals surface area contributed by atoms with Crippen molar-refractivity contribution < 1.29 is 9.59 Å². The second kappa shape index (κ2) is 4.98. The van der Waals surface area contributed by atoms with Gasteiger partial charge in [-0.05, 0) is 25.2 Å². The Bertz CT molecular complexity index is 284. The van der Waals surface area contributed by atoms with Gasteiger partial charge >= 0.3 is 0 Å². The van der Waals surface area contributed by atoms with Crippen molar-refractivity contribution in [3.63, 3.8) is 0 Å². The molecule has 0 spiro atoms. The first kappa shape index (κ1) is 13.2. The molecule has 1 aliphatic rings. The fraction of sp³-hybridized carbons (Fsp3) is 0.846. The van der Waals surface area contributed by atoms with Gasteiger partial charge in [-0.1, -0.05) is 27.2 Å². The second-order valence-corrected chi connectivity index (χ2v) is 5.48. The zero-order valence-corrected chi connectivity index (χ0v) is 10.8. The summed E-state index contributed by atoms with van der Waals surface area (Å²) in [5.41, 5.74) is 0.0824. The van der Waals surface area contributed by atoms with Crippen LogP contribution in [0.15, 0.2) is 0 Å². The molecule has 0 aromatic carbocycles.